The van der Waals surface area contributed by atoms with Crippen molar-refractivity contribution in [2.75, 3.05) is 13.1 Å². The van der Waals surface area contributed by atoms with Crippen molar-refractivity contribution in [1.82, 2.24) is 10.2 Å². The summed E-state index contributed by atoms with van der Waals surface area (Å²) < 4.78 is 0. The number of likely N-dealkylation sites (tertiary alicyclic amines) is 1. The van der Waals surface area contributed by atoms with E-state index in [9.17, 15) is 4.79 Å². The van der Waals surface area contributed by atoms with Gasteiger partial charge >= 0.3 is 6.03 Å². The maximum absolute atomic E-state index is 11.7. The van der Waals surface area contributed by atoms with Crippen LogP contribution in [-0.2, 0) is 0 Å². The van der Waals surface area contributed by atoms with Crippen LogP contribution in [-0.4, -0.2) is 36.1 Å². The van der Waals surface area contributed by atoms with Crippen LogP contribution in [0.5, 0.6) is 0 Å². The number of piperidine rings is 1. The third-order valence-electron chi connectivity index (χ3n) is 3.48. The summed E-state index contributed by atoms with van der Waals surface area (Å²) in [4.78, 5) is 13.6. The summed E-state index contributed by atoms with van der Waals surface area (Å²) >= 11 is 0. The Morgan fingerprint density at radius 1 is 1.33 bits per heavy atom. The molecule has 0 aromatic heterocycles. The Hall–Kier alpha value is -0.770. The van der Waals surface area contributed by atoms with Crippen molar-refractivity contribution in [2.45, 2.75) is 44.7 Å². The Labute approximate surface area is 91.2 Å². The van der Waals surface area contributed by atoms with Crippen molar-refractivity contribution in [3.05, 3.63) is 0 Å². The van der Waals surface area contributed by atoms with Gasteiger partial charge < -0.3 is 16.0 Å². The summed E-state index contributed by atoms with van der Waals surface area (Å²) in [5.41, 5.74) is 5.86. The third-order valence-corrected chi connectivity index (χ3v) is 3.48. The zero-order chi connectivity index (χ0) is 10.8. The van der Waals surface area contributed by atoms with Crippen molar-refractivity contribution in [2.24, 2.45) is 11.7 Å². The van der Waals surface area contributed by atoms with Crippen LogP contribution < -0.4 is 11.1 Å². The number of hydrogen-bond acceptors (Lipinski definition) is 2. The van der Waals surface area contributed by atoms with Crippen LogP contribution >= 0.6 is 0 Å². The minimum absolute atomic E-state index is 0.126. The zero-order valence-electron chi connectivity index (χ0n) is 9.41. The van der Waals surface area contributed by atoms with Crippen LogP contribution in [0.2, 0.25) is 0 Å². The molecule has 0 spiro atoms. The van der Waals surface area contributed by atoms with E-state index < -0.39 is 0 Å². The van der Waals surface area contributed by atoms with E-state index in [0.717, 1.165) is 38.8 Å². The fourth-order valence-electron chi connectivity index (χ4n) is 2.12. The van der Waals surface area contributed by atoms with Gasteiger partial charge in [-0.25, -0.2) is 4.79 Å². The molecule has 1 aliphatic heterocycles. The lowest BCUT2D eigenvalue weighted by Gasteiger charge is -2.33. The van der Waals surface area contributed by atoms with Gasteiger partial charge in [0.05, 0.1) is 0 Å². The molecule has 2 rings (SSSR count). The van der Waals surface area contributed by atoms with Crippen molar-refractivity contribution in [3.63, 3.8) is 0 Å². The molecule has 0 radical (unpaired) electrons. The van der Waals surface area contributed by atoms with Gasteiger partial charge in [-0.05, 0) is 38.5 Å². The fraction of sp³-hybridized carbons (Fsp3) is 0.909. The molecule has 86 valence electrons. The van der Waals surface area contributed by atoms with Gasteiger partial charge in [0.2, 0.25) is 0 Å². The van der Waals surface area contributed by atoms with E-state index in [1.165, 1.54) is 0 Å². The number of hydrogen-bond donors (Lipinski definition) is 2. The molecule has 15 heavy (non-hydrogen) atoms. The SMILES string of the molecule is CC(N)C1CCN(C(=O)NC2CC2)CC1. The number of nitrogens with zero attached hydrogens (tertiary/aromatic N) is 1. The molecule has 2 amide bonds. The Morgan fingerprint density at radius 3 is 2.40 bits per heavy atom. The van der Waals surface area contributed by atoms with Gasteiger partial charge in [0.15, 0.2) is 0 Å². The van der Waals surface area contributed by atoms with Gasteiger partial charge in [0.1, 0.15) is 0 Å². The van der Waals surface area contributed by atoms with Crippen LogP contribution in [0.25, 0.3) is 0 Å². The molecule has 1 heterocycles. The van der Waals surface area contributed by atoms with Gasteiger partial charge in [-0.1, -0.05) is 0 Å². The zero-order valence-corrected chi connectivity index (χ0v) is 9.41. The lowest BCUT2D eigenvalue weighted by molar-refractivity contribution is 0.164. The monoisotopic (exact) mass is 211 g/mol. The molecular weight excluding hydrogens is 190 g/mol. The summed E-state index contributed by atoms with van der Waals surface area (Å²) in [7, 11) is 0. The first-order valence-electron chi connectivity index (χ1n) is 5.98. The molecule has 4 nitrogen and oxygen atoms in total. The lowest BCUT2D eigenvalue weighted by atomic mass is 9.91. The molecule has 0 aromatic carbocycles. The first-order valence-corrected chi connectivity index (χ1v) is 5.98. The number of urea groups is 1. The number of rotatable bonds is 2. The number of amides is 2. The molecular formula is C11H21N3O. The molecule has 4 heteroatoms. The van der Waals surface area contributed by atoms with Crippen LogP contribution in [0, 0.1) is 5.92 Å². The first kappa shape index (κ1) is 10.7. The van der Waals surface area contributed by atoms with Gasteiger partial charge in [-0.2, -0.15) is 0 Å². The topological polar surface area (TPSA) is 58.4 Å². The van der Waals surface area contributed by atoms with E-state index in [4.69, 9.17) is 5.73 Å². The van der Waals surface area contributed by atoms with Crippen LogP contribution in [0.15, 0.2) is 0 Å². The summed E-state index contributed by atoms with van der Waals surface area (Å²) in [6, 6.07) is 0.850. The van der Waals surface area contributed by atoms with Crippen molar-refractivity contribution in [1.29, 1.82) is 0 Å². The van der Waals surface area contributed by atoms with E-state index in [0.29, 0.717) is 12.0 Å². The van der Waals surface area contributed by atoms with Crippen molar-refractivity contribution in [3.8, 4) is 0 Å². The van der Waals surface area contributed by atoms with Gasteiger partial charge in [-0.15, -0.1) is 0 Å². The highest BCUT2D eigenvalue weighted by Crippen LogP contribution is 2.22. The molecule has 0 aromatic rings. The van der Waals surface area contributed by atoms with Crippen LogP contribution in [0.4, 0.5) is 4.79 Å². The smallest absolute Gasteiger partial charge is 0.317 e. The minimum Gasteiger partial charge on any atom is -0.335 e. The number of nitrogens with two attached hydrogens (primary N) is 1. The maximum atomic E-state index is 11.7. The minimum atomic E-state index is 0.126. The van der Waals surface area contributed by atoms with Gasteiger partial charge in [0, 0.05) is 25.2 Å². The second kappa shape index (κ2) is 4.39. The third kappa shape index (κ3) is 2.84. The summed E-state index contributed by atoms with van der Waals surface area (Å²) in [6.07, 6.45) is 4.41. The molecule has 2 fully saturated rings. The van der Waals surface area contributed by atoms with Crippen LogP contribution in [0.1, 0.15) is 32.6 Å². The predicted octanol–water partition coefficient (Wildman–Crippen LogP) is 0.918. The number of nitrogens with one attached hydrogen (secondary N) is 1. The van der Waals surface area contributed by atoms with Crippen LogP contribution in [0.3, 0.4) is 0 Å². The second-order valence-electron chi connectivity index (χ2n) is 4.91. The summed E-state index contributed by atoms with van der Waals surface area (Å²) in [5.74, 6) is 0.593. The molecule has 1 unspecified atom stereocenters. The van der Waals surface area contributed by atoms with E-state index in [1.54, 1.807) is 0 Å². The van der Waals surface area contributed by atoms with Crippen molar-refractivity contribution < 1.29 is 4.79 Å². The largest absolute Gasteiger partial charge is 0.335 e. The number of carbonyl (C=O) groups excluding carboxylic acids is 1. The Kier molecular flexibility index (Phi) is 3.14. The molecule has 3 N–H and O–H groups in total. The van der Waals surface area contributed by atoms with E-state index in [-0.39, 0.29) is 12.1 Å². The molecule has 1 aliphatic carbocycles. The van der Waals surface area contributed by atoms with E-state index in [2.05, 4.69) is 12.2 Å². The highest BCUT2D eigenvalue weighted by atomic mass is 16.2. The highest BCUT2D eigenvalue weighted by molar-refractivity contribution is 5.74. The Balaban J connectivity index is 1.74. The average molecular weight is 211 g/mol. The first-order chi connectivity index (χ1) is 7.16. The lowest BCUT2D eigenvalue weighted by Crippen LogP contribution is -2.47. The Morgan fingerprint density at radius 2 is 1.93 bits per heavy atom. The average Bonchev–Trinajstić information content (AvgIpc) is 3.02. The summed E-state index contributed by atoms with van der Waals surface area (Å²) in [6.45, 7) is 3.79. The number of carbonyl (C=O) groups is 1. The molecule has 0 bridgehead atoms. The molecule has 1 saturated heterocycles. The van der Waals surface area contributed by atoms with E-state index in [1.807, 2.05) is 4.90 Å². The predicted molar refractivity (Wildman–Crippen MR) is 59.5 cm³/mol. The Bertz CT molecular complexity index is 230. The second-order valence-corrected chi connectivity index (χ2v) is 4.91. The molecule has 2 aliphatic rings. The van der Waals surface area contributed by atoms with Gasteiger partial charge in [-0.3, -0.25) is 0 Å². The normalized spacial score (nSPS) is 25.1. The molecule has 1 atom stereocenters. The fourth-order valence-corrected chi connectivity index (χ4v) is 2.12. The summed E-state index contributed by atoms with van der Waals surface area (Å²) in [5, 5.41) is 3.02. The standard InChI is InChI=1S/C11H21N3O/c1-8(12)9-4-6-14(7-5-9)11(15)13-10-2-3-10/h8-10H,2-7,12H2,1H3,(H,13,15). The van der Waals surface area contributed by atoms with Gasteiger partial charge in [0.25, 0.3) is 0 Å². The quantitative estimate of drug-likeness (QED) is 0.713. The molecule has 1 saturated carbocycles. The maximum Gasteiger partial charge on any atom is 0.317 e. The van der Waals surface area contributed by atoms with Crippen molar-refractivity contribution >= 4 is 6.03 Å². The highest BCUT2D eigenvalue weighted by Gasteiger charge is 2.28. The van der Waals surface area contributed by atoms with E-state index >= 15 is 0 Å².